The van der Waals surface area contributed by atoms with Gasteiger partial charge >= 0.3 is 12.1 Å². The smallest absolute Gasteiger partial charge is 0.416 e. The quantitative estimate of drug-likeness (QED) is 0.436. The molecule has 0 heterocycles. The summed E-state index contributed by atoms with van der Waals surface area (Å²) in [5, 5.41) is 6.73. The zero-order chi connectivity index (χ0) is 22.6. The van der Waals surface area contributed by atoms with E-state index in [0.29, 0.717) is 41.4 Å². The SMILES string of the molecule is CCOC(=O)c1ccc(NC(=S)NC2(c3cccc(C(F)(F)F)c3)CCCC2)c(C)c1. The molecule has 3 rings (SSSR count). The zero-order valence-electron chi connectivity index (χ0n) is 17.4. The highest BCUT2D eigenvalue weighted by atomic mass is 32.1. The maximum Gasteiger partial charge on any atom is 0.416 e. The highest BCUT2D eigenvalue weighted by Crippen LogP contribution is 2.41. The van der Waals surface area contributed by atoms with Crippen LogP contribution < -0.4 is 10.6 Å². The molecule has 0 saturated heterocycles. The fourth-order valence-corrected chi connectivity index (χ4v) is 4.28. The second-order valence-electron chi connectivity index (χ2n) is 7.70. The van der Waals surface area contributed by atoms with E-state index in [4.69, 9.17) is 17.0 Å². The second-order valence-corrected chi connectivity index (χ2v) is 8.11. The average molecular weight is 451 g/mol. The molecule has 2 aromatic carbocycles. The Balaban J connectivity index is 1.79. The molecule has 1 fully saturated rings. The molecular weight excluding hydrogens is 425 g/mol. The number of rotatable bonds is 5. The van der Waals surface area contributed by atoms with Crippen molar-refractivity contribution >= 4 is 29.0 Å². The van der Waals surface area contributed by atoms with Crippen LogP contribution in [0.4, 0.5) is 18.9 Å². The molecule has 1 saturated carbocycles. The number of benzene rings is 2. The van der Waals surface area contributed by atoms with E-state index in [2.05, 4.69) is 10.6 Å². The first-order valence-electron chi connectivity index (χ1n) is 10.2. The molecule has 2 N–H and O–H groups in total. The van der Waals surface area contributed by atoms with Crippen molar-refractivity contribution < 1.29 is 22.7 Å². The first kappa shape index (κ1) is 23.1. The molecule has 1 aliphatic rings. The first-order valence-corrected chi connectivity index (χ1v) is 10.6. The molecule has 8 heteroatoms. The maximum absolute atomic E-state index is 13.2. The fourth-order valence-electron chi connectivity index (χ4n) is 3.97. The largest absolute Gasteiger partial charge is 0.462 e. The van der Waals surface area contributed by atoms with Crippen molar-refractivity contribution in [3.05, 3.63) is 64.7 Å². The predicted octanol–water partition coefficient (Wildman–Crippen LogP) is 5.95. The van der Waals surface area contributed by atoms with E-state index in [0.717, 1.165) is 24.5 Å². The fraction of sp³-hybridized carbons (Fsp3) is 0.391. The van der Waals surface area contributed by atoms with E-state index < -0.39 is 23.2 Å². The van der Waals surface area contributed by atoms with Crippen molar-refractivity contribution in [2.45, 2.75) is 51.2 Å². The maximum atomic E-state index is 13.2. The number of aryl methyl sites for hydroxylation is 1. The number of thiocarbonyl (C=S) groups is 1. The Morgan fingerprint density at radius 2 is 1.87 bits per heavy atom. The molecule has 0 aliphatic heterocycles. The van der Waals surface area contributed by atoms with Gasteiger partial charge in [0.2, 0.25) is 0 Å². The lowest BCUT2D eigenvalue weighted by molar-refractivity contribution is -0.137. The summed E-state index contributed by atoms with van der Waals surface area (Å²) >= 11 is 5.50. The van der Waals surface area contributed by atoms with Gasteiger partial charge in [-0.1, -0.05) is 25.0 Å². The van der Waals surface area contributed by atoms with Crippen LogP contribution in [0.25, 0.3) is 0 Å². The number of ether oxygens (including phenoxy) is 1. The third-order valence-electron chi connectivity index (χ3n) is 5.54. The summed E-state index contributed by atoms with van der Waals surface area (Å²) in [5.74, 6) is -0.396. The minimum atomic E-state index is -4.40. The lowest BCUT2D eigenvalue weighted by atomic mass is 9.87. The zero-order valence-corrected chi connectivity index (χ0v) is 18.3. The Labute approximate surface area is 185 Å². The van der Waals surface area contributed by atoms with Gasteiger partial charge in [-0.25, -0.2) is 4.79 Å². The van der Waals surface area contributed by atoms with Crippen LogP contribution in [0.15, 0.2) is 42.5 Å². The van der Waals surface area contributed by atoms with Gasteiger partial charge in [-0.2, -0.15) is 13.2 Å². The van der Waals surface area contributed by atoms with E-state index >= 15 is 0 Å². The Bertz CT molecular complexity index is 970. The van der Waals surface area contributed by atoms with Crippen LogP contribution in [-0.4, -0.2) is 17.7 Å². The molecule has 0 aromatic heterocycles. The van der Waals surface area contributed by atoms with Gasteiger partial charge in [0, 0.05) is 5.69 Å². The highest BCUT2D eigenvalue weighted by Gasteiger charge is 2.38. The lowest BCUT2D eigenvalue weighted by Gasteiger charge is -2.33. The van der Waals surface area contributed by atoms with Gasteiger partial charge in [0.1, 0.15) is 0 Å². The minimum absolute atomic E-state index is 0.295. The van der Waals surface area contributed by atoms with E-state index in [1.807, 2.05) is 6.92 Å². The molecule has 166 valence electrons. The van der Waals surface area contributed by atoms with Crippen molar-refractivity contribution in [3.8, 4) is 0 Å². The van der Waals surface area contributed by atoms with Crippen LogP contribution in [0, 0.1) is 6.92 Å². The molecule has 0 bridgehead atoms. The van der Waals surface area contributed by atoms with Crippen molar-refractivity contribution in [1.82, 2.24) is 5.32 Å². The number of hydrogen-bond acceptors (Lipinski definition) is 3. The Morgan fingerprint density at radius 3 is 2.48 bits per heavy atom. The van der Waals surface area contributed by atoms with E-state index in [1.165, 1.54) is 12.1 Å². The molecule has 1 aliphatic carbocycles. The summed E-state index contributed by atoms with van der Waals surface area (Å²) in [5.41, 5.74) is 1.22. The topological polar surface area (TPSA) is 50.4 Å². The summed E-state index contributed by atoms with van der Waals surface area (Å²) < 4.78 is 44.7. The van der Waals surface area contributed by atoms with E-state index in [1.54, 1.807) is 31.2 Å². The summed E-state index contributed by atoms with van der Waals surface area (Å²) in [6.07, 6.45) is -1.21. The van der Waals surface area contributed by atoms with Gasteiger partial charge < -0.3 is 15.4 Å². The lowest BCUT2D eigenvalue weighted by Crippen LogP contribution is -2.45. The van der Waals surface area contributed by atoms with Crippen LogP contribution in [0.3, 0.4) is 0 Å². The number of carbonyl (C=O) groups excluding carboxylic acids is 1. The third-order valence-corrected chi connectivity index (χ3v) is 5.74. The predicted molar refractivity (Wildman–Crippen MR) is 118 cm³/mol. The van der Waals surface area contributed by atoms with Crippen molar-refractivity contribution in [3.63, 3.8) is 0 Å². The van der Waals surface area contributed by atoms with Gasteiger partial charge in [0.05, 0.1) is 23.3 Å². The summed E-state index contributed by atoms with van der Waals surface area (Å²) in [7, 11) is 0. The van der Waals surface area contributed by atoms with Gasteiger partial charge in [0.25, 0.3) is 0 Å². The number of halogens is 3. The first-order chi connectivity index (χ1) is 14.6. The van der Waals surface area contributed by atoms with Crippen LogP contribution in [-0.2, 0) is 16.5 Å². The van der Waals surface area contributed by atoms with Gasteiger partial charge in [-0.15, -0.1) is 0 Å². The molecule has 4 nitrogen and oxygen atoms in total. The number of alkyl halides is 3. The van der Waals surface area contributed by atoms with Gasteiger partial charge in [-0.3, -0.25) is 0 Å². The molecule has 0 unspecified atom stereocenters. The number of anilines is 1. The molecule has 0 atom stereocenters. The molecule has 0 spiro atoms. The monoisotopic (exact) mass is 450 g/mol. The number of nitrogens with one attached hydrogen (secondary N) is 2. The summed E-state index contributed by atoms with van der Waals surface area (Å²) in [6, 6.07) is 10.5. The van der Waals surface area contributed by atoms with Crippen molar-refractivity contribution in [2.75, 3.05) is 11.9 Å². The highest BCUT2D eigenvalue weighted by molar-refractivity contribution is 7.80. The molecule has 31 heavy (non-hydrogen) atoms. The standard InChI is InChI=1S/C23H25F3N2O2S/c1-3-30-20(29)16-9-10-19(15(2)13-16)27-21(31)28-22(11-4-5-12-22)17-7-6-8-18(14-17)23(24,25)26/h6-10,13-14H,3-5,11-12H2,1-2H3,(H2,27,28,31). The van der Waals surface area contributed by atoms with Crippen LogP contribution in [0.2, 0.25) is 0 Å². The van der Waals surface area contributed by atoms with E-state index in [9.17, 15) is 18.0 Å². The Morgan fingerprint density at radius 1 is 1.16 bits per heavy atom. The van der Waals surface area contributed by atoms with Gasteiger partial charge in [0.15, 0.2) is 5.11 Å². The average Bonchev–Trinajstić information content (AvgIpc) is 3.18. The summed E-state index contributed by atoms with van der Waals surface area (Å²) in [6.45, 7) is 3.88. The Kier molecular flexibility index (Phi) is 6.89. The number of carbonyl (C=O) groups is 1. The minimum Gasteiger partial charge on any atom is -0.462 e. The van der Waals surface area contributed by atoms with E-state index in [-0.39, 0.29) is 0 Å². The third kappa shape index (κ3) is 5.36. The molecule has 2 aromatic rings. The van der Waals surface area contributed by atoms with Gasteiger partial charge in [-0.05, 0) is 80.4 Å². The second kappa shape index (κ2) is 9.26. The van der Waals surface area contributed by atoms with Crippen molar-refractivity contribution in [2.24, 2.45) is 0 Å². The normalized spacial score (nSPS) is 15.4. The van der Waals surface area contributed by atoms with Crippen LogP contribution in [0.5, 0.6) is 0 Å². The molecule has 0 amide bonds. The number of esters is 1. The Hall–Kier alpha value is -2.61. The molecule has 0 radical (unpaired) electrons. The number of hydrogen-bond donors (Lipinski definition) is 2. The van der Waals surface area contributed by atoms with Crippen LogP contribution in [0.1, 0.15) is 59.7 Å². The van der Waals surface area contributed by atoms with Crippen molar-refractivity contribution in [1.29, 1.82) is 0 Å². The molecular formula is C23H25F3N2O2S. The summed E-state index contributed by atoms with van der Waals surface area (Å²) in [4.78, 5) is 11.9. The van der Waals surface area contributed by atoms with Crippen LogP contribution >= 0.6 is 12.2 Å².